The summed E-state index contributed by atoms with van der Waals surface area (Å²) in [4.78, 5) is 21.5. The number of piperidine rings is 1. The molecule has 0 saturated carbocycles. The van der Waals surface area contributed by atoms with Crippen LogP contribution in [0.4, 0.5) is 0 Å². The van der Waals surface area contributed by atoms with E-state index in [9.17, 15) is 4.79 Å². The highest BCUT2D eigenvalue weighted by atomic mass is 35.5. The minimum Gasteiger partial charge on any atom is -0.487 e. The first-order valence-corrected chi connectivity index (χ1v) is 13.1. The second-order valence-corrected chi connectivity index (χ2v) is 11.6. The van der Waals surface area contributed by atoms with E-state index in [4.69, 9.17) is 21.1 Å². The maximum atomic E-state index is 12.9. The maximum Gasteiger partial charge on any atom is 0.223 e. The van der Waals surface area contributed by atoms with E-state index >= 15 is 0 Å². The smallest absolute Gasteiger partial charge is 0.223 e. The van der Waals surface area contributed by atoms with E-state index in [1.54, 1.807) is 0 Å². The number of rotatable bonds is 5. The van der Waals surface area contributed by atoms with Gasteiger partial charge in [0.1, 0.15) is 11.4 Å². The highest BCUT2D eigenvalue weighted by molar-refractivity contribution is 6.30. The predicted molar refractivity (Wildman–Crippen MR) is 136 cm³/mol. The average molecular weight is 498 g/mol. The van der Waals surface area contributed by atoms with Gasteiger partial charge in [0.15, 0.2) is 0 Å². The molecule has 4 heterocycles. The van der Waals surface area contributed by atoms with Crippen molar-refractivity contribution in [2.45, 2.75) is 57.8 Å². The summed E-state index contributed by atoms with van der Waals surface area (Å²) >= 11 is 6.30. The van der Waals surface area contributed by atoms with Crippen LogP contribution in [0.15, 0.2) is 42.6 Å². The van der Waals surface area contributed by atoms with Gasteiger partial charge in [-0.05, 0) is 75.9 Å². The molecule has 3 aliphatic heterocycles. The Kier molecular flexibility index (Phi) is 6.81. The first-order valence-electron chi connectivity index (χ1n) is 12.7. The van der Waals surface area contributed by atoms with Crippen molar-refractivity contribution < 1.29 is 14.3 Å². The molecule has 7 heteroatoms. The van der Waals surface area contributed by atoms with E-state index < -0.39 is 0 Å². The molecule has 0 bridgehead atoms. The van der Waals surface area contributed by atoms with Gasteiger partial charge in [-0.3, -0.25) is 9.78 Å². The van der Waals surface area contributed by atoms with Gasteiger partial charge >= 0.3 is 0 Å². The van der Waals surface area contributed by atoms with Gasteiger partial charge in [0.25, 0.3) is 0 Å². The van der Waals surface area contributed by atoms with Crippen molar-refractivity contribution in [3.05, 3.63) is 58.9 Å². The highest BCUT2D eigenvalue weighted by Gasteiger charge is 2.52. The summed E-state index contributed by atoms with van der Waals surface area (Å²) in [6, 6.07) is 11.8. The van der Waals surface area contributed by atoms with Gasteiger partial charge in [-0.25, -0.2) is 0 Å². The van der Waals surface area contributed by atoms with Crippen LogP contribution in [-0.4, -0.2) is 59.6 Å². The lowest BCUT2D eigenvalue weighted by atomic mass is 9.64. The lowest BCUT2D eigenvalue weighted by Crippen LogP contribution is -2.54. The van der Waals surface area contributed by atoms with Crippen LogP contribution >= 0.6 is 11.6 Å². The number of likely N-dealkylation sites (tertiary alicyclic amines) is 1. The molecule has 0 N–H and O–H groups in total. The van der Waals surface area contributed by atoms with Crippen molar-refractivity contribution in [3.63, 3.8) is 0 Å². The molecule has 6 nitrogen and oxygen atoms in total. The SMILES string of the molecule is CN(CCC(=O)N1CCC2(CC1)CO[C@@H]1c3cc(Cl)ccc3OC(C)(C)[C@H]1C2)Cc1ccccn1. The largest absolute Gasteiger partial charge is 0.487 e. The Bertz CT molecular complexity index is 1050. The Morgan fingerprint density at radius 2 is 2.03 bits per heavy atom. The van der Waals surface area contributed by atoms with Crippen LogP contribution in [0.2, 0.25) is 5.02 Å². The van der Waals surface area contributed by atoms with Crippen LogP contribution in [0.3, 0.4) is 0 Å². The van der Waals surface area contributed by atoms with Crippen molar-refractivity contribution in [1.82, 2.24) is 14.8 Å². The molecule has 0 radical (unpaired) electrons. The fourth-order valence-electron chi connectivity index (χ4n) is 6.00. The summed E-state index contributed by atoms with van der Waals surface area (Å²) in [6.45, 7) is 8.15. The zero-order chi connectivity index (χ0) is 24.6. The fraction of sp³-hybridized carbons (Fsp3) is 0.571. The van der Waals surface area contributed by atoms with Crippen LogP contribution < -0.4 is 4.74 Å². The molecule has 3 aliphatic rings. The number of aromatic nitrogens is 1. The lowest BCUT2D eigenvalue weighted by Gasteiger charge is -2.54. The molecule has 2 saturated heterocycles. The third-order valence-corrected chi connectivity index (χ3v) is 8.41. The van der Waals surface area contributed by atoms with Gasteiger partial charge in [-0.1, -0.05) is 17.7 Å². The molecule has 35 heavy (non-hydrogen) atoms. The third-order valence-electron chi connectivity index (χ3n) is 8.17. The second kappa shape index (κ2) is 9.72. The van der Waals surface area contributed by atoms with Crippen LogP contribution in [0.25, 0.3) is 0 Å². The zero-order valence-corrected chi connectivity index (χ0v) is 21.8. The summed E-state index contributed by atoms with van der Waals surface area (Å²) in [5.41, 5.74) is 1.88. The van der Waals surface area contributed by atoms with Crippen molar-refractivity contribution in [3.8, 4) is 5.75 Å². The summed E-state index contributed by atoms with van der Waals surface area (Å²) in [7, 11) is 2.04. The Morgan fingerprint density at radius 3 is 2.77 bits per heavy atom. The van der Waals surface area contributed by atoms with Crippen molar-refractivity contribution in [2.75, 3.05) is 33.3 Å². The van der Waals surface area contributed by atoms with E-state index in [1.165, 1.54) is 0 Å². The number of pyridine rings is 1. The first-order chi connectivity index (χ1) is 16.7. The quantitative estimate of drug-likeness (QED) is 0.574. The Labute approximate surface area is 213 Å². The molecule has 2 atom stereocenters. The van der Waals surface area contributed by atoms with Crippen LogP contribution in [0, 0.1) is 11.3 Å². The van der Waals surface area contributed by atoms with E-state index in [-0.39, 0.29) is 28.9 Å². The van der Waals surface area contributed by atoms with Crippen LogP contribution in [0.1, 0.15) is 56.9 Å². The fourth-order valence-corrected chi connectivity index (χ4v) is 6.18. The number of ether oxygens (including phenoxy) is 2. The van der Waals surface area contributed by atoms with Crippen molar-refractivity contribution in [2.24, 2.45) is 11.3 Å². The van der Waals surface area contributed by atoms with E-state index in [0.717, 1.165) is 69.1 Å². The Hall–Kier alpha value is -2.15. The molecule has 2 fully saturated rings. The monoisotopic (exact) mass is 497 g/mol. The molecule has 1 spiro atoms. The number of carbonyl (C=O) groups is 1. The lowest BCUT2D eigenvalue weighted by molar-refractivity contribution is -0.176. The number of hydrogen-bond donors (Lipinski definition) is 0. The molecule has 0 unspecified atom stereocenters. The Morgan fingerprint density at radius 1 is 1.23 bits per heavy atom. The standard InChI is InChI=1S/C28H36ClN3O3/c1-27(2)23-17-28(19-34-26(23)22-16-20(29)7-8-24(22)35-27)10-14-32(15-11-28)25(33)9-13-31(3)18-21-6-4-5-12-30-21/h4-8,12,16,23,26H,9-11,13-15,17-19H2,1-3H3/t23-,26+/m0/s1. The molecule has 5 rings (SSSR count). The number of nitrogens with zero attached hydrogens (tertiary/aromatic N) is 3. The van der Waals surface area contributed by atoms with Gasteiger partial charge in [-0.15, -0.1) is 0 Å². The van der Waals surface area contributed by atoms with Crippen molar-refractivity contribution >= 4 is 17.5 Å². The minimum absolute atomic E-state index is 0.00683. The molecular formula is C28H36ClN3O3. The van der Waals surface area contributed by atoms with Gasteiger partial charge in [0.05, 0.1) is 18.4 Å². The zero-order valence-electron chi connectivity index (χ0n) is 21.0. The predicted octanol–water partition coefficient (Wildman–Crippen LogP) is 5.11. The van der Waals surface area contributed by atoms with Gasteiger partial charge < -0.3 is 19.3 Å². The number of fused-ring (bicyclic) bond motifs is 3. The topological polar surface area (TPSA) is 54.9 Å². The molecular weight excluding hydrogens is 462 g/mol. The number of carbonyl (C=O) groups excluding carboxylic acids is 1. The third kappa shape index (κ3) is 5.20. The summed E-state index contributed by atoms with van der Waals surface area (Å²) in [5.74, 6) is 1.38. The summed E-state index contributed by atoms with van der Waals surface area (Å²) in [6.07, 6.45) is 5.35. The van der Waals surface area contributed by atoms with E-state index in [0.29, 0.717) is 11.4 Å². The Balaban J connectivity index is 1.16. The van der Waals surface area contributed by atoms with Gasteiger partial charge in [0, 0.05) is 55.3 Å². The average Bonchev–Trinajstić information content (AvgIpc) is 2.84. The second-order valence-electron chi connectivity index (χ2n) is 11.1. The summed E-state index contributed by atoms with van der Waals surface area (Å²) in [5, 5.41) is 0.715. The normalized spacial score (nSPS) is 24.5. The minimum atomic E-state index is -0.315. The molecule has 1 amide bonds. The summed E-state index contributed by atoms with van der Waals surface area (Å²) < 4.78 is 13.0. The van der Waals surface area contributed by atoms with Crippen molar-refractivity contribution in [1.29, 1.82) is 0 Å². The molecule has 0 aliphatic carbocycles. The number of halogens is 1. The highest BCUT2D eigenvalue weighted by Crippen LogP contribution is 2.55. The molecule has 1 aromatic carbocycles. The number of hydrogen-bond acceptors (Lipinski definition) is 5. The molecule has 188 valence electrons. The number of benzene rings is 1. The first kappa shape index (κ1) is 24.5. The number of amides is 1. The maximum absolute atomic E-state index is 12.9. The molecule has 2 aromatic rings. The van der Waals surface area contributed by atoms with E-state index in [2.05, 4.69) is 23.7 Å². The van der Waals surface area contributed by atoms with Gasteiger partial charge in [0.2, 0.25) is 5.91 Å². The van der Waals surface area contributed by atoms with Crippen LogP contribution in [-0.2, 0) is 16.1 Å². The van der Waals surface area contributed by atoms with Crippen LogP contribution in [0.5, 0.6) is 5.75 Å². The molecule has 1 aromatic heterocycles. The van der Waals surface area contributed by atoms with Gasteiger partial charge in [-0.2, -0.15) is 0 Å². The van der Waals surface area contributed by atoms with E-state index in [1.807, 2.05) is 54.5 Å².